The molecule has 0 aliphatic heterocycles. The number of alkyl halides is 6. The summed E-state index contributed by atoms with van der Waals surface area (Å²) < 4.78 is 78.9. The van der Waals surface area contributed by atoms with Crippen LogP contribution in [0.5, 0.6) is 0 Å². The molecule has 0 spiro atoms. The molecule has 3 heterocycles. The third-order valence-corrected chi connectivity index (χ3v) is 3.73. The second-order valence-electron chi connectivity index (χ2n) is 5.89. The molecular formula is C17H11F6N5O. The van der Waals surface area contributed by atoms with E-state index in [1.165, 1.54) is 12.3 Å². The molecule has 152 valence electrons. The minimum absolute atomic E-state index is 0.0223. The highest BCUT2D eigenvalue weighted by molar-refractivity contribution is 6.04. The quantitative estimate of drug-likeness (QED) is 0.649. The minimum atomic E-state index is -5.03. The molecule has 0 bridgehead atoms. The normalized spacial score (nSPS) is 12.1. The maximum Gasteiger partial charge on any atom is 0.434 e. The van der Waals surface area contributed by atoms with Gasteiger partial charge in [0.05, 0.1) is 17.3 Å². The smallest absolute Gasteiger partial charge is 0.306 e. The fraction of sp³-hybridized carbons (Fsp3) is 0.176. The number of rotatable bonds is 3. The van der Waals surface area contributed by atoms with E-state index in [0.29, 0.717) is 18.5 Å². The fourth-order valence-electron chi connectivity index (χ4n) is 2.37. The van der Waals surface area contributed by atoms with E-state index in [1.54, 1.807) is 13.0 Å². The van der Waals surface area contributed by atoms with Gasteiger partial charge < -0.3 is 5.32 Å². The number of aromatic nitrogens is 4. The number of hydrogen-bond donors (Lipinski definition) is 1. The van der Waals surface area contributed by atoms with Crippen molar-refractivity contribution >= 4 is 11.7 Å². The fourth-order valence-corrected chi connectivity index (χ4v) is 2.37. The van der Waals surface area contributed by atoms with Crippen molar-refractivity contribution in [3.05, 3.63) is 65.2 Å². The standard InChI is InChI=1S/C17H11F6N5O/c1-9-2-4-12(24-6-9)27-15(29)11-8-26-28(14(11)17(21,22)23)13-5-3-10(7-25-13)16(18,19)20/h2-8H,1H3,(H,24,27,29). The van der Waals surface area contributed by atoms with Crippen LogP contribution in [0.15, 0.2) is 42.9 Å². The van der Waals surface area contributed by atoms with Gasteiger partial charge in [-0.05, 0) is 30.7 Å². The van der Waals surface area contributed by atoms with Crippen molar-refractivity contribution in [1.82, 2.24) is 19.7 Å². The van der Waals surface area contributed by atoms with E-state index < -0.39 is 40.9 Å². The Kier molecular flexibility index (Phi) is 5.03. The number of hydrogen-bond acceptors (Lipinski definition) is 4. The van der Waals surface area contributed by atoms with Crippen LogP contribution >= 0.6 is 0 Å². The summed E-state index contributed by atoms with van der Waals surface area (Å²) in [4.78, 5) is 19.6. The van der Waals surface area contributed by atoms with Crippen molar-refractivity contribution < 1.29 is 31.1 Å². The van der Waals surface area contributed by atoms with Gasteiger partial charge in [0, 0.05) is 12.4 Å². The molecule has 0 saturated heterocycles. The van der Waals surface area contributed by atoms with Crippen LogP contribution < -0.4 is 5.32 Å². The van der Waals surface area contributed by atoms with Crippen LogP contribution in [-0.2, 0) is 12.4 Å². The third kappa shape index (κ3) is 4.36. The second-order valence-corrected chi connectivity index (χ2v) is 5.89. The topological polar surface area (TPSA) is 72.7 Å². The predicted molar refractivity (Wildman–Crippen MR) is 88.3 cm³/mol. The van der Waals surface area contributed by atoms with E-state index in [1.807, 2.05) is 0 Å². The number of halogens is 6. The summed E-state index contributed by atoms with van der Waals surface area (Å²) in [5.41, 5.74) is -2.67. The highest BCUT2D eigenvalue weighted by Crippen LogP contribution is 2.34. The van der Waals surface area contributed by atoms with Crippen molar-refractivity contribution in [3.8, 4) is 5.82 Å². The third-order valence-electron chi connectivity index (χ3n) is 3.73. The molecule has 0 saturated carbocycles. The first-order valence-corrected chi connectivity index (χ1v) is 7.89. The van der Waals surface area contributed by atoms with Gasteiger partial charge in [0.1, 0.15) is 5.82 Å². The number of nitrogens with one attached hydrogen (secondary N) is 1. The predicted octanol–water partition coefficient (Wildman–Crippen LogP) is 4.26. The van der Waals surface area contributed by atoms with Gasteiger partial charge in [0.2, 0.25) is 0 Å². The summed E-state index contributed by atoms with van der Waals surface area (Å²) in [6.45, 7) is 1.74. The summed E-state index contributed by atoms with van der Waals surface area (Å²) in [5.74, 6) is -1.64. The van der Waals surface area contributed by atoms with Gasteiger partial charge in [0.15, 0.2) is 11.5 Å². The monoisotopic (exact) mass is 415 g/mol. The summed E-state index contributed by atoms with van der Waals surface area (Å²) in [5, 5.41) is 5.71. The van der Waals surface area contributed by atoms with Gasteiger partial charge in [-0.1, -0.05) is 6.07 Å². The Morgan fingerprint density at radius 3 is 2.17 bits per heavy atom. The number of aryl methyl sites for hydroxylation is 1. The lowest BCUT2D eigenvalue weighted by Gasteiger charge is -2.13. The Balaban J connectivity index is 1.99. The molecule has 1 N–H and O–H groups in total. The lowest BCUT2D eigenvalue weighted by Crippen LogP contribution is -2.21. The van der Waals surface area contributed by atoms with Gasteiger partial charge in [0.25, 0.3) is 5.91 Å². The molecule has 0 aromatic carbocycles. The molecule has 3 aromatic heterocycles. The van der Waals surface area contributed by atoms with Crippen LogP contribution in [0.1, 0.15) is 27.2 Å². The lowest BCUT2D eigenvalue weighted by atomic mass is 10.2. The minimum Gasteiger partial charge on any atom is -0.306 e. The van der Waals surface area contributed by atoms with E-state index in [-0.39, 0.29) is 10.5 Å². The largest absolute Gasteiger partial charge is 0.434 e. The lowest BCUT2D eigenvalue weighted by molar-refractivity contribution is -0.143. The van der Waals surface area contributed by atoms with E-state index in [4.69, 9.17) is 0 Å². The van der Waals surface area contributed by atoms with E-state index in [0.717, 1.165) is 11.6 Å². The second kappa shape index (κ2) is 7.18. The van der Waals surface area contributed by atoms with Crippen molar-refractivity contribution in [3.63, 3.8) is 0 Å². The summed E-state index contributed by atoms with van der Waals surface area (Å²) in [6, 6.07) is 4.31. The number of pyridine rings is 2. The number of carbonyl (C=O) groups excluding carboxylic acids is 1. The van der Waals surface area contributed by atoms with Crippen LogP contribution in [0.4, 0.5) is 32.2 Å². The zero-order valence-corrected chi connectivity index (χ0v) is 14.5. The molecule has 1 amide bonds. The summed E-state index contributed by atoms with van der Waals surface area (Å²) in [6.07, 6.45) is -7.28. The molecule has 3 rings (SSSR count). The molecular weight excluding hydrogens is 404 g/mol. The first kappa shape index (κ1) is 20.3. The Hall–Kier alpha value is -3.44. The molecule has 0 atom stereocenters. The molecule has 3 aromatic rings. The molecule has 0 radical (unpaired) electrons. The van der Waals surface area contributed by atoms with Crippen LogP contribution in [0.3, 0.4) is 0 Å². The van der Waals surface area contributed by atoms with Crippen LogP contribution in [0.25, 0.3) is 5.82 Å². The van der Waals surface area contributed by atoms with E-state index >= 15 is 0 Å². The Morgan fingerprint density at radius 2 is 1.66 bits per heavy atom. The number of amides is 1. The first-order chi connectivity index (χ1) is 13.5. The average molecular weight is 415 g/mol. The van der Waals surface area contributed by atoms with Gasteiger partial charge >= 0.3 is 12.4 Å². The molecule has 0 aliphatic rings. The highest BCUT2D eigenvalue weighted by Gasteiger charge is 2.41. The summed E-state index contributed by atoms with van der Waals surface area (Å²) in [7, 11) is 0. The van der Waals surface area contributed by atoms with Crippen molar-refractivity contribution in [2.24, 2.45) is 0 Å². The summed E-state index contributed by atoms with van der Waals surface area (Å²) >= 11 is 0. The van der Waals surface area contributed by atoms with Gasteiger partial charge in [-0.3, -0.25) is 4.79 Å². The zero-order chi connectivity index (χ0) is 21.4. The van der Waals surface area contributed by atoms with Crippen LogP contribution in [-0.4, -0.2) is 25.7 Å². The van der Waals surface area contributed by atoms with Crippen molar-refractivity contribution in [2.45, 2.75) is 19.3 Å². The van der Waals surface area contributed by atoms with Gasteiger partial charge in [-0.15, -0.1) is 0 Å². The maximum atomic E-state index is 13.6. The van der Waals surface area contributed by atoms with Gasteiger partial charge in [-0.25, -0.2) is 14.6 Å². The van der Waals surface area contributed by atoms with E-state index in [2.05, 4.69) is 20.4 Å². The first-order valence-electron chi connectivity index (χ1n) is 7.89. The number of anilines is 1. The van der Waals surface area contributed by atoms with Crippen molar-refractivity contribution in [2.75, 3.05) is 5.32 Å². The van der Waals surface area contributed by atoms with E-state index in [9.17, 15) is 31.1 Å². The SMILES string of the molecule is Cc1ccc(NC(=O)c2cnn(-c3ccc(C(F)(F)F)cn3)c2C(F)(F)F)nc1. The molecule has 29 heavy (non-hydrogen) atoms. The van der Waals surface area contributed by atoms with Crippen LogP contribution in [0.2, 0.25) is 0 Å². The molecule has 0 unspecified atom stereocenters. The molecule has 12 heteroatoms. The number of nitrogens with zero attached hydrogens (tertiary/aromatic N) is 4. The highest BCUT2D eigenvalue weighted by atomic mass is 19.4. The van der Waals surface area contributed by atoms with Crippen LogP contribution in [0, 0.1) is 6.92 Å². The maximum absolute atomic E-state index is 13.6. The van der Waals surface area contributed by atoms with Crippen molar-refractivity contribution in [1.29, 1.82) is 0 Å². The molecule has 0 fully saturated rings. The Bertz CT molecular complexity index is 1020. The van der Waals surface area contributed by atoms with Gasteiger partial charge in [-0.2, -0.15) is 31.4 Å². The molecule has 0 aliphatic carbocycles. The number of carbonyl (C=O) groups is 1. The Morgan fingerprint density at radius 1 is 0.931 bits per heavy atom. The zero-order valence-electron chi connectivity index (χ0n) is 14.5. The molecule has 6 nitrogen and oxygen atoms in total. The average Bonchev–Trinajstić information content (AvgIpc) is 3.09. The Labute approximate surface area is 159 Å².